The van der Waals surface area contributed by atoms with Gasteiger partial charge in [-0.05, 0) is 43.4 Å². The van der Waals surface area contributed by atoms with E-state index in [0.29, 0.717) is 21.3 Å². The minimum Gasteiger partial charge on any atom is -0.352 e. The van der Waals surface area contributed by atoms with Crippen molar-refractivity contribution < 1.29 is 4.79 Å². The Balaban J connectivity index is 1.93. The van der Waals surface area contributed by atoms with E-state index >= 15 is 0 Å². The van der Waals surface area contributed by atoms with Crippen molar-refractivity contribution in [1.29, 1.82) is 0 Å². The van der Waals surface area contributed by atoms with E-state index in [1.807, 2.05) is 19.1 Å². The Bertz CT molecular complexity index is 463. The molecule has 2 nitrogen and oxygen atoms in total. The number of carbonyl (C=O) groups is 1. The van der Waals surface area contributed by atoms with Gasteiger partial charge < -0.3 is 5.32 Å². The van der Waals surface area contributed by atoms with Gasteiger partial charge in [-0.1, -0.05) is 46.4 Å². The summed E-state index contributed by atoms with van der Waals surface area (Å²) in [5.74, 6) is 0.456. The number of carbonyl (C=O) groups excluding carboxylic acids is 1. The minimum atomic E-state index is -0.0738. The van der Waals surface area contributed by atoms with Crippen LogP contribution in [0.1, 0.15) is 41.6 Å². The van der Waals surface area contributed by atoms with E-state index in [2.05, 4.69) is 21.2 Å². The Hall–Kier alpha value is -0.540. The lowest BCUT2D eigenvalue weighted by Gasteiger charge is -2.27. The normalized spacial score (nSPS) is 23.1. The summed E-state index contributed by atoms with van der Waals surface area (Å²) in [6.45, 7) is 2.68. The van der Waals surface area contributed by atoms with Crippen LogP contribution in [0.2, 0.25) is 5.02 Å². The number of halogens is 2. The van der Waals surface area contributed by atoms with Gasteiger partial charge in [0.15, 0.2) is 0 Å². The molecule has 1 aromatic carbocycles. The number of aryl methyl sites for hydroxylation is 1. The zero-order valence-electron chi connectivity index (χ0n) is 11.1. The van der Waals surface area contributed by atoms with Crippen molar-refractivity contribution in [2.45, 2.75) is 37.4 Å². The lowest BCUT2D eigenvalue weighted by Crippen LogP contribution is -2.34. The molecule has 0 spiro atoms. The van der Waals surface area contributed by atoms with Gasteiger partial charge in [-0.15, -0.1) is 0 Å². The SMILES string of the molecule is Cc1ccc(C(=O)NCC2CCCCC2Br)c(Cl)c1. The first-order valence-corrected chi connectivity index (χ1v) is 8.05. The monoisotopic (exact) mass is 343 g/mol. The second-order valence-corrected chi connectivity index (χ2v) is 6.84. The molecule has 0 saturated heterocycles. The first-order chi connectivity index (χ1) is 9.08. The third-order valence-electron chi connectivity index (χ3n) is 3.71. The van der Waals surface area contributed by atoms with E-state index < -0.39 is 0 Å². The molecule has 104 valence electrons. The average molecular weight is 345 g/mol. The van der Waals surface area contributed by atoms with Crippen molar-refractivity contribution in [2.24, 2.45) is 5.92 Å². The number of amides is 1. The lowest BCUT2D eigenvalue weighted by atomic mass is 9.89. The molecular formula is C15H19BrClNO. The topological polar surface area (TPSA) is 29.1 Å². The number of hydrogen-bond donors (Lipinski definition) is 1. The van der Waals surface area contributed by atoms with Crippen molar-refractivity contribution >= 4 is 33.4 Å². The van der Waals surface area contributed by atoms with Crippen LogP contribution in [0.25, 0.3) is 0 Å². The summed E-state index contributed by atoms with van der Waals surface area (Å²) in [4.78, 5) is 12.6. The fraction of sp³-hybridized carbons (Fsp3) is 0.533. The van der Waals surface area contributed by atoms with E-state index in [1.54, 1.807) is 6.07 Å². The van der Waals surface area contributed by atoms with Crippen molar-refractivity contribution in [3.05, 3.63) is 34.3 Å². The third-order valence-corrected chi connectivity index (χ3v) is 5.23. The zero-order valence-corrected chi connectivity index (χ0v) is 13.4. The fourth-order valence-corrected chi connectivity index (χ4v) is 3.61. The summed E-state index contributed by atoms with van der Waals surface area (Å²) < 4.78 is 0. The summed E-state index contributed by atoms with van der Waals surface area (Å²) in [5, 5.41) is 3.53. The summed E-state index contributed by atoms with van der Waals surface area (Å²) in [6.07, 6.45) is 4.92. The lowest BCUT2D eigenvalue weighted by molar-refractivity contribution is 0.0944. The first-order valence-electron chi connectivity index (χ1n) is 6.76. The first kappa shape index (κ1) is 14.9. The zero-order chi connectivity index (χ0) is 13.8. The quantitative estimate of drug-likeness (QED) is 0.812. The molecule has 1 N–H and O–H groups in total. The molecule has 2 unspecified atom stereocenters. The van der Waals surface area contributed by atoms with E-state index in [9.17, 15) is 4.79 Å². The molecule has 0 aliphatic heterocycles. The van der Waals surface area contributed by atoms with Crippen molar-refractivity contribution in [3.8, 4) is 0 Å². The Kier molecular flexibility index (Phi) is 5.28. The number of nitrogens with one attached hydrogen (secondary N) is 1. The maximum absolute atomic E-state index is 12.1. The van der Waals surface area contributed by atoms with Crippen LogP contribution in [0.15, 0.2) is 18.2 Å². The van der Waals surface area contributed by atoms with Gasteiger partial charge in [0.2, 0.25) is 0 Å². The van der Waals surface area contributed by atoms with Gasteiger partial charge in [-0.25, -0.2) is 0 Å². The highest BCUT2D eigenvalue weighted by molar-refractivity contribution is 9.09. The summed E-state index contributed by atoms with van der Waals surface area (Å²) in [7, 11) is 0. The van der Waals surface area contributed by atoms with Crippen LogP contribution >= 0.6 is 27.5 Å². The second kappa shape index (κ2) is 6.76. The second-order valence-electron chi connectivity index (χ2n) is 5.25. The Morgan fingerprint density at radius 1 is 1.42 bits per heavy atom. The van der Waals surface area contributed by atoms with Crippen molar-refractivity contribution in [1.82, 2.24) is 5.32 Å². The molecule has 0 heterocycles. The van der Waals surface area contributed by atoms with Crippen LogP contribution in [0.4, 0.5) is 0 Å². The highest BCUT2D eigenvalue weighted by Gasteiger charge is 2.23. The molecule has 19 heavy (non-hydrogen) atoms. The number of alkyl halides is 1. The standard InChI is InChI=1S/C15H19BrClNO/c1-10-6-7-12(14(17)8-10)15(19)18-9-11-4-2-3-5-13(11)16/h6-8,11,13H,2-5,9H2,1H3,(H,18,19). The van der Waals surface area contributed by atoms with E-state index in [4.69, 9.17) is 11.6 Å². The van der Waals surface area contributed by atoms with Crippen LogP contribution in [-0.4, -0.2) is 17.3 Å². The Labute approximate surface area is 128 Å². The molecular weight excluding hydrogens is 326 g/mol. The molecule has 0 radical (unpaired) electrons. The minimum absolute atomic E-state index is 0.0738. The van der Waals surface area contributed by atoms with Gasteiger partial charge in [-0.3, -0.25) is 4.79 Å². The number of hydrogen-bond acceptors (Lipinski definition) is 1. The van der Waals surface area contributed by atoms with Gasteiger partial charge in [0.25, 0.3) is 5.91 Å². The fourth-order valence-electron chi connectivity index (χ4n) is 2.52. The van der Waals surface area contributed by atoms with Crippen LogP contribution < -0.4 is 5.32 Å². The van der Waals surface area contributed by atoms with E-state index in [1.165, 1.54) is 25.7 Å². The summed E-state index contributed by atoms with van der Waals surface area (Å²) in [5.41, 5.74) is 1.63. The van der Waals surface area contributed by atoms with Crippen molar-refractivity contribution in [3.63, 3.8) is 0 Å². The average Bonchev–Trinajstić information content (AvgIpc) is 2.37. The third kappa shape index (κ3) is 3.96. The molecule has 1 aromatic rings. The predicted molar refractivity (Wildman–Crippen MR) is 83.2 cm³/mol. The number of rotatable bonds is 3. The highest BCUT2D eigenvalue weighted by atomic mass is 79.9. The van der Waals surface area contributed by atoms with E-state index in [-0.39, 0.29) is 5.91 Å². The maximum atomic E-state index is 12.1. The maximum Gasteiger partial charge on any atom is 0.252 e. The smallest absolute Gasteiger partial charge is 0.252 e. The van der Waals surface area contributed by atoms with Gasteiger partial charge >= 0.3 is 0 Å². The van der Waals surface area contributed by atoms with Gasteiger partial charge in [0.1, 0.15) is 0 Å². The van der Waals surface area contributed by atoms with Crippen molar-refractivity contribution in [2.75, 3.05) is 6.54 Å². The molecule has 1 amide bonds. The van der Waals surface area contributed by atoms with Gasteiger partial charge in [0.05, 0.1) is 10.6 Å². The van der Waals surface area contributed by atoms with Gasteiger partial charge in [0, 0.05) is 11.4 Å². The molecule has 4 heteroatoms. The summed E-state index contributed by atoms with van der Waals surface area (Å²) >= 11 is 9.81. The Morgan fingerprint density at radius 3 is 2.84 bits per heavy atom. The Morgan fingerprint density at radius 2 is 2.16 bits per heavy atom. The van der Waals surface area contributed by atoms with Gasteiger partial charge in [-0.2, -0.15) is 0 Å². The molecule has 0 aromatic heterocycles. The molecule has 2 atom stereocenters. The van der Waals surface area contributed by atoms with E-state index in [0.717, 1.165) is 12.1 Å². The molecule has 1 fully saturated rings. The van der Waals surface area contributed by atoms with Crippen LogP contribution in [-0.2, 0) is 0 Å². The van der Waals surface area contributed by atoms with Crippen LogP contribution in [0.3, 0.4) is 0 Å². The molecule has 1 aliphatic rings. The molecule has 2 rings (SSSR count). The molecule has 1 aliphatic carbocycles. The molecule has 1 saturated carbocycles. The predicted octanol–water partition coefficient (Wildman–Crippen LogP) is 4.33. The largest absolute Gasteiger partial charge is 0.352 e. The summed E-state index contributed by atoms with van der Waals surface area (Å²) in [6, 6.07) is 5.53. The molecule has 0 bridgehead atoms. The number of benzene rings is 1. The van der Waals surface area contributed by atoms with Crippen LogP contribution in [0.5, 0.6) is 0 Å². The highest BCUT2D eigenvalue weighted by Crippen LogP contribution is 2.29. The van der Waals surface area contributed by atoms with Crippen LogP contribution in [0, 0.1) is 12.8 Å².